The molecule has 3 aliphatic carbocycles. The number of aromatic nitrogens is 3. The number of nitrogens with zero attached hydrogens (tertiary/aromatic N) is 3. The van der Waals surface area contributed by atoms with E-state index in [0.717, 1.165) is 29.8 Å². The van der Waals surface area contributed by atoms with Gasteiger partial charge in [0.1, 0.15) is 5.82 Å². The van der Waals surface area contributed by atoms with Crippen LogP contribution in [0.3, 0.4) is 0 Å². The van der Waals surface area contributed by atoms with E-state index < -0.39 is 5.41 Å². The molecule has 1 heterocycles. The average molecular weight is 590 g/mol. The Morgan fingerprint density at radius 1 is 0.391 bits per heavy atom. The van der Waals surface area contributed by atoms with Gasteiger partial charge in [0.2, 0.25) is 0 Å². The van der Waals surface area contributed by atoms with Gasteiger partial charge in [0, 0.05) is 17.0 Å². The van der Waals surface area contributed by atoms with Crippen molar-refractivity contribution in [3.63, 3.8) is 0 Å². The van der Waals surface area contributed by atoms with Crippen molar-refractivity contribution in [1.82, 2.24) is 15.0 Å². The van der Waals surface area contributed by atoms with Crippen LogP contribution in [0.1, 0.15) is 46.8 Å². The van der Waals surface area contributed by atoms with Crippen molar-refractivity contribution in [3.05, 3.63) is 186 Å². The molecule has 3 aliphatic rings. The fraction of sp³-hybridized carbons (Fsp3) is 0.0930. The van der Waals surface area contributed by atoms with Crippen molar-refractivity contribution in [2.24, 2.45) is 0 Å². The maximum absolute atomic E-state index is 5.36. The van der Waals surface area contributed by atoms with E-state index in [0.29, 0.717) is 17.6 Å². The average Bonchev–Trinajstić information content (AvgIpc) is 3.16. The fourth-order valence-electron chi connectivity index (χ4n) is 7.70. The summed E-state index contributed by atoms with van der Waals surface area (Å²) >= 11 is 0. The molecule has 6 aromatic carbocycles. The lowest BCUT2D eigenvalue weighted by atomic mass is 9.55. The largest absolute Gasteiger partial charge is 0.212 e. The van der Waals surface area contributed by atoms with E-state index >= 15 is 0 Å². The Balaban J connectivity index is 1.24. The Bertz CT molecular complexity index is 2040. The van der Waals surface area contributed by atoms with E-state index in [1.807, 2.05) is 12.1 Å². The predicted octanol–water partition coefficient (Wildman–Crippen LogP) is 10.1. The Labute approximate surface area is 269 Å². The molecule has 0 atom stereocenters. The highest BCUT2D eigenvalue weighted by Crippen LogP contribution is 2.58. The second kappa shape index (κ2) is 10.7. The first-order valence-electron chi connectivity index (χ1n) is 16.0. The zero-order chi connectivity index (χ0) is 30.5. The minimum Gasteiger partial charge on any atom is -0.212 e. The molecule has 0 amide bonds. The summed E-state index contributed by atoms with van der Waals surface area (Å²) < 4.78 is 0. The van der Waals surface area contributed by atoms with E-state index in [4.69, 9.17) is 15.0 Å². The SMILES string of the molecule is c1ccc(-c2ccc(-c3nc(-c4ccc(-c5ccccc5)cc4)nc(C45CCC(c6ccccc64)c4ccccc45)n3)cc2)cc1. The van der Waals surface area contributed by atoms with Crippen LogP contribution in [0.15, 0.2) is 158 Å². The summed E-state index contributed by atoms with van der Waals surface area (Å²) in [6.45, 7) is 0. The van der Waals surface area contributed by atoms with E-state index in [-0.39, 0.29) is 0 Å². The van der Waals surface area contributed by atoms with Crippen molar-refractivity contribution >= 4 is 0 Å². The summed E-state index contributed by atoms with van der Waals surface area (Å²) in [5.41, 5.74) is 11.7. The second-order valence-electron chi connectivity index (χ2n) is 12.4. The Morgan fingerprint density at radius 3 is 1.26 bits per heavy atom. The van der Waals surface area contributed by atoms with Gasteiger partial charge in [-0.05, 0) is 57.3 Å². The standard InChI is InChI=1S/C43H31N3/c1-3-11-29(12-4-1)31-19-23-33(24-20-31)40-44-41(34-25-21-32(22-26-34)30-13-5-2-6-14-30)46-42(45-40)43-28-27-35(36-15-7-9-17-38(36)43)37-16-8-10-18-39(37)43/h1-26,35H,27-28H2. The van der Waals surface area contributed by atoms with Crippen LogP contribution in [-0.4, -0.2) is 15.0 Å². The van der Waals surface area contributed by atoms with E-state index in [1.54, 1.807) is 0 Å². The lowest BCUT2D eigenvalue weighted by Gasteiger charge is -2.48. The van der Waals surface area contributed by atoms with Crippen LogP contribution >= 0.6 is 0 Å². The monoisotopic (exact) mass is 589 g/mol. The first kappa shape index (κ1) is 26.7. The molecule has 0 spiro atoms. The molecule has 0 radical (unpaired) electrons. The van der Waals surface area contributed by atoms with Crippen molar-refractivity contribution in [2.45, 2.75) is 24.2 Å². The molecule has 46 heavy (non-hydrogen) atoms. The first-order valence-corrected chi connectivity index (χ1v) is 16.0. The van der Waals surface area contributed by atoms with Gasteiger partial charge < -0.3 is 0 Å². The molecule has 0 fully saturated rings. The smallest absolute Gasteiger partial charge is 0.163 e. The number of fused-ring (bicyclic) bond motifs is 1. The molecule has 10 rings (SSSR count). The molecule has 1 aromatic heterocycles. The van der Waals surface area contributed by atoms with Gasteiger partial charge in [0.25, 0.3) is 0 Å². The molecular weight excluding hydrogens is 558 g/mol. The fourth-order valence-corrected chi connectivity index (χ4v) is 7.70. The van der Waals surface area contributed by atoms with Crippen LogP contribution in [0.25, 0.3) is 45.0 Å². The Morgan fingerprint density at radius 2 is 0.783 bits per heavy atom. The van der Waals surface area contributed by atoms with Gasteiger partial charge in [-0.3, -0.25) is 0 Å². The zero-order valence-corrected chi connectivity index (χ0v) is 25.3. The molecule has 0 saturated carbocycles. The van der Waals surface area contributed by atoms with Crippen LogP contribution in [-0.2, 0) is 5.41 Å². The molecule has 0 N–H and O–H groups in total. The summed E-state index contributed by atoms with van der Waals surface area (Å²) in [7, 11) is 0. The third-order valence-electron chi connectivity index (χ3n) is 9.92. The van der Waals surface area contributed by atoms with Gasteiger partial charge in [0.05, 0.1) is 5.41 Å². The summed E-state index contributed by atoms with van der Waals surface area (Å²) in [5, 5.41) is 0. The third kappa shape index (κ3) is 4.23. The summed E-state index contributed by atoms with van der Waals surface area (Å²) in [6, 6.07) is 56.0. The van der Waals surface area contributed by atoms with Crippen LogP contribution < -0.4 is 0 Å². The number of rotatable bonds is 5. The molecule has 3 heteroatoms. The molecule has 3 nitrogen and oxygen atoms in total. The van der Waals surface area contributed by atoms with E-state index in [2.05, 4.69) is 146 Å². The maximum atomic E-state index is 5.36. The highest BCUT2D eigenvalue weighted by atomic mass is 15.0. The predicted molar refractivity (Wildman–Crippen MR) is 185 cm³/mol. The summed E-state index contributed by atoms with van der Waals surface area (Å²) in [4.78, 5) is 15.9. The maximum Gasteiger partial charge on any atom is 0.163 e. The molecule has 0 aliphatic heterocycles. The lowest BCUT2D eigenvalue weighted by molar-refractivity contribution is 0.409. The Kier molecular flexibility index (Phi) is 6.24. The molecule has 0 saturated heterocycles. The molecule has 218 valence electrons. The van der Waals surface area contributed by atoms with Gasteiger partial charge in [-0.2, -0.15) is 0 Å². The van der Waals surface area contributed by atoms with Crippen LogP contribution in [0, 0.1) is 0 Å². The van der Waals surface area contributed by atoms with Crippen LogP contribution in [0.2, 0.25) is 0 Å². The van der Waals surface area contributed by atoms with Gasteiger partial charge in [-0.25, -0.2) is 15.0 Å². The minimum absolute atomic E-state index is 0.408. The second-order valence-corrected chi connectivity index (χ2v) is 12.4. The molecule has 7 aromatic rings. The third-order valence-corrected chi connectivity index (χ3v) is 9.92. The molecule has 0 unspecified atom stereocenters. The number of benzene rings is 6. The minimum atomic E-state index is -0.442. The van der Waals surface area contributed by atoms with Crippen molar-refractivity contribution in [3.8, 4) is 45.0 Å². The van der Waals surface area contributed by atoms with Gasteiger partial charge in [0.15, 0.2) is 11.6 Å². The Hall–Kier alpha value is -5.67. The van der Waals surface area contributed by atoms with Crippen LogP contribution in [0.5, 0.6) is 0 Å². The van der Waals surface area contributed by atoms with Gasteiger partial charge in [-0.15, -0.1) is 0 Å². The topological polar surface area (TPSA) is 38.7 Å². The van der Waals surface area contributed by atoms with Crippen LogP contribution in [0.4, 0.5) is 0 Å². The molecule has 2 bridgehead atoms. The van der Waals surface area contributed by atoms with Gasteiger partial charge in [-0.1, -0.05) is 158 Å². The highest BCUT2D eigenvalue weighted by Gasteiger charge is 2.51. The van der Waals surface area contributed by atoms with Crippen molar-refractivity contribution in [2.75, 3.05) is 0 Å². The quantitative estimate of drug-likeness (QED) is 0.201. The van der Waals surface area contributed by atoms with E-state index in [1.165, 1.54) is 44.5 Å². The zero-order valence-electron chi connectivity index (χ0n) is 25.3. The van der Waals surface area contributed by atoms with Crippen molar-refractivity contribution < 1.29 is 0 Å². The summed E-state index contributed by atoms with van der Waals surface area (Å²) in [5.74, 6) is 2.63. The summed E-state index contributed by atoms with van der Waals surface area (Å²) in [6.07, 6.45) is 2.04. The lowest BCUT2D eigenvalue weighted by Crippen LogP contribution is -2.42. The highest BCUT2D eigenvalue weighted by molar-refractivity contribution is 5.71. The normalized spacial score (nSPS) is 17.7. The van der Waals surface area contributed by atoms with Crippen molar-refractivity contribution in [1.29, 1.82) is 0 Å². The molecular formula is C43H31N3. The van der Waals surface area contributed by atoms with E-state index in [9.17, 15) is 0 Å². The number of hydrogen-bond acceptors (Lipinski definition) is 3. The number of hydrogen-bond donors (Lipinski definition) is 0. The first-order chi connectivity index (χ1) is 22.8. The van der Waals surface area contributed by atoms with Gasteiger partial charge >= 0.3 is 0 Å².